The molecule has 1 saturated heterocycles. The van der Waals surface area contributed by atoms with Crippen LogP contribution in [-0.4, -0.2) is 18.3 Å². The summed E-state index contributed by atoms with van der Waals surface area (Å²) in [4.78, 5) is 0. The van der Waals surface area contributed by atoms with Crippen molar-refractivity contribution < 1.29 is 9.47 Å². The van der Waals surface area contributed by atoms with Gasteiger partial charge in [0, 0.05) is 5.33 Å². The molecule has 1 atom stereocenters. The molecule has 0 amide bonds. The molecule has 2 aliphatic rings. The zero-order valence-corrected chi connectivity index (χ0v) is 13.5. The van der Waals surface area contributed by atoms with Crippen molar-refractivity contribution in [1.82, 2.24) is 0 Å². The Balaban J connectivity index is 1.49. The van der Waals surface area contributed by atoms with Crippen molar-refractivity contribution in [2.75, 3.05) is 6.61 Å². The number of ether oxygens (including phenoxy) is 2. The van der Waals surface area contributed by atoms with Crippen LogP contribution in [0.15, 0.2) is 24.3 Å². The monoisotopic (exact) mass is 338 g/mol. The molecule has 2 nitrogen and oxygen atoms in total. The highest BCUT2D eigenvalue weighted by atomic mass is 79.9. The molecule has 1 spiro atoms. The lowest BCUT2D eigenvalue weighted by atomic mass is 9.83. The molecule has 110 valence electrons. The SMILES string of the molecule is BrCc1ccc(OCC2CCC3(CCCCC3)O2)cc1. The summed E-state index contributed by atoms with van der Waals surface area (Å²) in [7, 11) is 0. The number of alkyl halides is 1. The Morgan fingerprint density at radius 3 is 2.55 bits per heavy atom. The van der Waals surface area contributed by atoms with E-state index in [-0.39, 0.29) is 11.7 Å². The molecule has 1 aromatic carbocycles. The van der Waals surface area contributed by atoms with Crippen molar-refractivity contribution in [3.05, 3.63) is 29.8 Å². The molecular formula is C17H23BrO2. The molecule has 3 heteroatoms. The standard InChI is InChI=1S/C17H23BrO2/c18-12-14-4-6-15(7-5-14)19-13-16-8-11-17(20-16)9-2-1-3-10-17/h4-7,16H,1-3,8-13H2. The molecule has 1 aromatic rings. The fourth-order valence-electron chi connectivity index (χ4n) is 3.44. The Morgan fingerprint density at radius 2 is 1.85 bits per heavy atom. The maximum absolute atomic E-state index is 6.32. The van der Waals surface area contributed by atoms with Gasteiger partial charge in [-0.15, -0.1) is 0 Å². The van der Waals surface area contributed by atoms with Crippen LogP contribution in [0.5, 0.6) is 5.75 Å². The third-order valence-electron chi connectivity index (χ3n) is 4.62. The Hall–Kier alpha value is -0.540. The second-order valence-corrected chi connectivity index (χ2v) is 6.67. The first-order chi connectivity index (χ1) is 9.80. The summed E-state index contributed by atoms with van der Waals surface area (Å²) in [6, 6.07) is 8.29. The highest BCUT2D eigenvalue weighted by Gasteiger charge is 2.40. The topological polar surface area (TPSA) is 18.5 Å². The second kappa shape index (κ2) is 6.48. The van der Waals surface area contributed by atoms with Crippen molar-refractivity contribution in [2.24, 2.45) is 0 Å². The first kappa shape index (κ1) is 14.4. The van der Waals surface area contributed by atoms with Crippen LogP contribution >= 0.6 is 15.9 Å². The molecule has 1 unspecified atom stereocenters. The van der Waals surface area contributed by atoms with Gasteiger partial charge in [-0.05, 0) is 43.4 Å². The third kappa shape index (κ3) is 3.37. The average Bonchev–Trinajstić information content (AvgIpc) is 2.89. The van der Waals surface area contributed by atoms with E-state index in [1.165, 1.54) is 44.1 Å². The predicted molar refractivity (Wildman–Crippen MR) is 84.5 cm³/mol. The van der Waals surface area contributed by atoms with Crippen LogP contribution in [-0.2, 0) is 10.1 Å². The third-order valence-corrected chi connectivity index (χ3v) is 5.26. The number of rotatable bonds is 4. The van der Waals surface area contributed by atoms with E-state index in [4.69, 9.17) is 9.47 Å². The van der Waals surface area contributed by atoms with Crippen LogP contribution in [0.3, 0.4) is 0 Å². The van der Waals surface area contributed by atoms with Gasteiger partial charge in [-0.1, -0.05) is 47.3 Å². The normalized spacial score (nSPS) is 24.9. The molecule has 1 aliphatic heterocycles. The van der Waals surface area contributed by atoms with E-state index >= 15 is 0 Å². The molecule has 0 aromatic heterocycles. The van der Waals surface area contributed by atoms with Gasteiger partial charge in [-0.25, -0.2) is 0 Å². The fraction of sp³-hybridized carbons (Fsp3) is 0.647. The van der Waals surface area contributed by atoms with E-state index < -0.39 is 0 Å². The molecule has 3 rings (SSSR count). The van der Waals surface area contributed by atoms with Crippen LogP contribution in [0.2, 0.25) is 0 Å². The molecule has 20 heavy (non-hydrogen) atoms. The maximum atomic E-state index is 6.32. The van der Waals surface area contributed by atoms with Gasteiger partial charge in [0.1, 0.15) is 12.4 Å². The lowest BCUT2D eigenvalue weighted by Gasteiger charge is -2.33. The van der Waals surface area contributed by atoms with E-state index in [0.717, 1.165) is 17.5 Å². The van der Waals surface area contributed by atoms with Gasteiger partial charge < -0.3 is 9.47 Å². The van der Waals surface area contributed by atoms with E-state index in [0.29, 0.717) is 6.61 Å². The molecule has 1 heterocycles. The smallest absolute Gasteiger partial charge is 0.119 e. The molecule has 1 aliphatic carbocycles. The van der Waals surface area contributed by atoms with Gasteiger partial charge in [0.15, 0.2) is 0 Å². The predicted octanol–water partition coefficient (Wildman–Crippen LogP) is 4.84. The van der Waals surface area contributed by atoms with Gasteiger partial charge >= 0.3 is 0 Å². The zero-order chi connectivity index (χ0) is 13.8. The summed E-state index contributed by atoms with van der Waals surface area (Å²) in [5.74, 6) is 0.947. The molecule has 0 radical (unpaired) electrons. The molecular weight excluding hydrogens is 316 g/mol. The van der Waals surface area contributed by atoms with E-state index in [1.807, 2.05) is 12.1 Å². The van der Waals surface area contributed by atoms with Crippen molar-refractivity contribution >= 4 is 15.9 Å². The van der Waals surface area contributed by atoms with Gasteiger partial charge in [-0.3, -0.25) is 0 Å². The maximum Gasteiger partial charge on any atom is 0.119 e. The van der Waals surface area contributed by atoms with Gasteiger partial charge in [-0.2, -0.15) is 0 Å². The molecule has 0 N–H and O–H groups in total. The Bertz CT molecular complexity index is 423. The highest BCUT2D eigenvalue weighted by molar-refractivity contribution is 9.08. The number of hydrogen-bond donors (Lipinski definition) is 0. The summed E-state index contributed by atoms with van der Waals surface area (Å²) in [5.41, 5.74) is 1.47. The molecule has 2 fully saturated rings. The minimum atomic E-state index is 0.200. The largest absolute Gasteiger partial charge is 0.491 e. The fourth-order valence-corrected chi connectivity index (χ4v) is 3.81. The lowest BCUT2D eigenvalue weighted by Crippen LogP contribution is -2.32. The average molecular weight is 339 g/mol. The number of halogens is 1. The van der Waals surface area contributed by atoms with Gasteiger partial charge in [0.2, 0.25) is 0 Å². The van der Waals surface area contributed by atoms with Crippen LogP contribution < -0.4 is 4.74 Å². The highest BCUT2D eigenvalue weighted by Crippen LogP contribution is 2.41. The van der Waals surface area contributed by atoms with Crippen LogP contribution in [0.25, 0.3) is 0 Å². The van der Waals surface area contributed by atoms with Gasteiger partial charge in [0.05, 0.1) is 11.7 Å². The van der Waals surface area contributed by atoms with Crippen molar-refractivity contribution in [2.45, 2.75) is 62.0 Å². The van der Waals surface area contributed by atoms with E-state index in [2.05, 4.69) is 28.1 Å². The second-order valence-electron chi connectivity index (χ2n) is 6.11. The van der Waals surface area contributed by atoms with Crippen molar-refractivity contribution in [1.29, 1.82) is 0 Å². The Kier molecular flexibility index (Phi) is 4.67. The van der Waals surface area contributed by atoms with E-state index in [9.17, 15) is 0 Å². The Labute approximate surface area is 130 Å². The number of benzene rings is 1. The molecule has 0 bridgehead atoms. The van der Waals surface area contributed by atoms with Crippen LogP contribution in [0, 0.1) is 0 Å². The summed E-state index contributed by atoms with van der Waals surface area (Å²) in [6.07, 6.45) is 9.22. The Morgan fingerprint density at radius 1 is 1.10 bits per heavy atom. The summed E-state index contributed by atoms with van der Waals surface area (Å²) < 4.78 is 12.2. The lowest BCUT2D eigenvalue weighted by molar-refractivity contribution is -0.0748. The minimum Gasteiger partial charge on any atom is -0.491 e. The zero-order valence-electron chi connectivity index (χ0n) is 11.9. The van der Waals surface area contributed by atoms with Crippen molar-refractivity contribution in [3.63, 3.8) is 0 Å². The van der Waals surface area contributed by atoms with Crippen LogP contribution in [0.4, 0.5) is 0 Å². The first-order valence-electron chi connectivity index (χ1n) is 7.75. The number of hydrogen-bond acceptors (Lipinski definition) is 2. The summed E-state index contributed by atoms with van der Waals surface area (Å²) >= 11 is 3.45. The minimum absolute atomic E-state index is 0.200. The summed E-state index contributed by atoms with van der Waals surface area (Å²) in [6.45, 7) is 0.690. The van der Waals surface area contributed by atoms with Gasteiger partial charge in [0.25, 0.3) is 0 Å². The van der Waals surface area contributed by atoms with E-state index in [1.54, 1.807) is 0 Å². The first-order valence-corrected chi connectivity index (χ1v) is 8.87. The van der Waals surface area contributed by atoms with Crippen molar-refractivity contribution in [3.8, 4) is 5.75 Å². The van der Waals surface area contributed by atoms with Crippen LogP contribution in [0.1, 0.15) is 50.5 Å². The summed E-state index contributed by atoms with van der Waals surface area (Å²) in [5, 5.41) is 0.890. The molecule has 1 saturated carbocycles. The quantitative estimate of drug-likeness (QED) is 0.731.